The van der Waals surface area contributed by atoms with Crippen LogP contribution < -0.4 is 5.32 Å². The molecule has 0 radical (unpaired) electrons. The molecule has 2 rings (SSSR count). The molecular weight excluding hydrogens is 397 g/mol. The quantitative estimate of drug-likeness (QED) is 0.823. The van der Waals surface area contributed by atoms with Gasteiger partial charge < -0.3 is 5.32 Å². The molecule has 0 fully saturated rings. The summed E-state index contributed by atoms with van der Waals surface area (Å²) in [4.78, 5) is 12.2. The first-order valence-corrected chi connectivity index (χ1v) is 7.47. The molecular formula is C12H10Br2ClN3O. The number of aryl methyl sites for hydroxylation is 1. The first-order chi connectivity index (χ1) is 9.02. The van der Waals surface area contributed by atoms with Crippen molar-refractivity contribution in [3.05, 3.63) is 44.1 Å². The SMILES string of the molecule is CCn1ncc(Br)c1C(=O)Nc1ccc(Br)cc1Cl. The van der Waals surface area contributed by atoms with Crippen molar-refractivity contribution in [1.82, 2.24) is 9.78 Å². The first-order valence-electron chi connectivity index (χ1n) is 5.50. The van der Waals surface area contributed by atoms with Gasteiger partial charge >= 0.3 is 0 Å². The van der Waals surface area contributed by atoms with E-state index in [0.717, 1.165) is 4.47 Å². The summed E-state index contributed by atoms with van der Waals surface area (Å²) < 4.78 is 3.13. The number of amides is 1. The fourth-order valence-electron chi connectivity index (χ4n) is 1.60. The van der Waals surface area contributed by atoms with Gasteiger partial charge in [0.05, 0.1) is 21.4 Å². The summed E-state index contributed by atoms with van der Waals surface area (Å²) >= 11 is 12.7. The number of hydrogen-bond donors (Lipinski definition) is 1. The normalized spacial score (nSPS) is 10.5. The number of halogens is 3. The highest BCUT2D eigenvalue weighted by Crippen LogP contribution is 2.26. The summed E-state index contributed by atoms with van der Waals surface area (Å²) in [5.74, 6) is -0.254. The fourth-order valence-corrected chi connectivity index (χ4v) is 2.80. The molecule has 0 aliphatic rings. The van der Waals surface area contributed by atoms with Crippen LogP contribution in [0.3, 0.4) is 0 Å². The zero-order chi connectivity index (χ0) is 14.0. The Morgan fingerprint density at radius 3 is 2.84 bits per heavy atom. The monoisotopic (exact) mass is 405 g/mol. The van der Waals surface area contributed by atoms with Crippen molar-refractivity contribution in [2.24, 2.45) is 0 Å². The second kappa shape index (κ2) is 6.07. The molecule has 1 aromatic heterocycles. The van der Waals surface area contributed by atoms with Crippen molar-refractivity contribution in [2.75, 3.05) is 5.32 Å². The Balaban J connectivity index is 2.28. The predicted molar refractivity (Wildman–Crippen MR) is 82.7 cm³/mol. The van der Waals surface area contributed by atoms with E-state index in [2.05, 4.69) is 42.3 Å². The lowest BCUT2D eigenvalue weighted by Gasteiger charge is -2.09. The number of nitrogens with one attached hydrogen (secondary N) is 1. The predicted octanol–water partition coefficient (Wildman–Crippen LogP) is 4.33. The van der Waals surface area contributed by atoms with Crippen LogP contribution in [-0.2, 0) is 6.54 Å². The fraction of sp³-hybridized carbons (Fsp3) is 0.167. The number of aromatic nitrogens is 2. The van der Waals surface area contributed by atoms with Gasteiger partial charge in [-0.15, -0.1) is 0 Å². The van der Waals surface area contributed by atoms with E-state index < -0.39 is 0 Å². The number of carbonyl (C=O) groups excluding carboxylic acids is 1. The van der Waals surface area contributed by atoms with Gasteiger partial charge in [-0.05, 0) is 41.1 Å². The highest BCUT2D eigenvalue weighted by atomic mass is 79.9. The largest absolute Gasteiger partial charge is 0.319 e. The Labute approximate surface area is 132 Å². The van der Waals surface area contributed by atoms with Gasteiger partial charge in [0.2, 0.25) is 0 Å². The maximum atomic E-state index is 12.2. The first kappa shape index (κ1) is 14.6. The molecule has 0 saturated heterocycles. The highest BCUT2D eigenvalue weighted by Gasteiger charge is 2.17. The lowest BCUT2D eigenvalue weighted by molar-refractivity contribution is 0.101. The average molecular weight is 407 g/mol. The van der Waals surface area contributed by atoms with E-state index in [0.29, 0.717) is 27.4 Å². The minimum absolute atomic E-state index is 0.254. The summed E-state index contributed by atoms with van der Waals surface area (Å²) in [6.45, 7) is 2.53. The Bertz CT molecular complexity index is 627. The average Bonchev–Trinajstić information content (AvgIpc) is 2.74. The molecule has 4 nitrogen and oxygen atoms in total. The number of anilines is 1. The third-order valence-electron chi connectivity index (χ3n) is 2.49. The molecule has 0 aliphatic heterocycles. The third kappa shape index (κ3) is 3.19. The highest BCUT2D eigenvalue weighted by molar-refractivity contribution is 9.10. The van der Waals surface area contributed by atoms with Crippen LogP contribution in [0, 0.1) is 0 Å². The Morgan fingerprint density at radius 1 is 1.47 bits per heavy atom. The van der Waals surface area contributed by atoms with Gasteiger partial charge in [0, 0.05) is 11.0 Å². The van der Waals surface area contributed by atoms with E-state index in [-0.39, 0.29) is 5.91 Å². The third-order valence-corrected chi connectivity index (χ3v) is 3.88. The minimum atomic E-state index is -0.254. The molecule has 2 aromatic rings. The van der Waals surface area contributed by atoms with Crippen molar-refractivity contribution >= 4 is 55.1 Å². The van der Waals surface area contributed by atoms with Crippen molar-refractivity contribution in [3.63, 3.8) is 0 Å². The van der Waals surface area contributed by atoms with Crippen LogP contribution in [0.2, 0.25) is 5.02 Å². The summed E-state index contributed by atoms with van der Waals surface area (Å²) in [6, 6.07) is 5.28. The molecule has 0 bridgehead atoms. The summed E-state index contributed by atoms with van der Waals surface area (Å²) in [5.41, 5.74) is 1.03. The molecule has 1 amide bonds. The maximum Gasteiger partial charge on any atom is 0.275 e. The van der Waals surface area contributed by atoms with Crippen LogP contribution in [-0.4, -0.2) is 15.7 Å². The molecule has 0 unspecified atom stereocenters. The minimum Gasteiger partial charge on any atom is -0.319 e. The zero-order valence-corrected chi connectivity index (χ0v) is 13.9. The Morgan fingerprint density at radius 2 is 2.21 bits per heavy atom. The summed E-state index contributed by atoms with van der Waals surface area (Å²) in [5, 5.41) is 7.35. The van der Waals surface area contributed by atoms with Crippen LogP contribution in [0.15, 0.2) is 33.3 Å². The van der Waals surface area contributed by atoms with Gasteiger partial charge in [0.1, 0.15) is 5.69 Å². The van der Waals surface area contributed by atoms with E-state index in [1.54, 1.807) is 23.0 Å². The lowest BCUT2D eigenvalue weighted by atomic mass is 10.3. The Kier molecular flexibility index (Phi) is 4.65. The molecule has 19 heavy (non-hydrogen) atoms. The van der Waals surface area contributed by atoms with Crippen LogP contribution in [0.1, 0.15) is 17.4 Å². The second-order valence-electron chi connectivity index (χ2n) is 3.74. The second-order valence-corrected chi connectivity index (χ2v) is 5.91. The zero-order valence-electron chi connectivity index (χ0n) is 9.95. The molecule has 1 heterocycles. The van der Waals surface area contributed by atoms with Gasteiger partial charge in [-0.1, -0.05) is 27.5 Å². The molecule has 0 aliphatic carbocycles. The number of rotatable bonds is 3. The number of hydrogen-bond acceptors (Lipinski definition) is 2. The van der Waals surface area contributed by atoms with Crippen molar-refractivity contribution in [1.29, 1.82) is 0 Å². The van der Waals surface area contributed by atoms with E-state index in [9.17, 15) is 4.79 Å². The number of nitrogens with zero attached hydrogens (tertiary/aromatic N) is 2. The molecule has 0 spiro atoms. The van der Waals surface area contributed by atoms with Crippen LogP contribution in [0.4, 0.5) is 5.69 Å². The van der Waals surface area contributed by atoms with Crippen LogP contribution in [0.25, 0.3) is 0 Å². The lowest BCUT2D eigenvalue weighted by Crippen LogP contribution is -2.18. The van der Waals surface area contributed by atoms with Crippen LogP contribution >= 0.6 is 43.5 Å². The van der Waals surface area contributed by atoms with Crippen molar-refractivity contribution < 1.29 is 4.79 Å². The topological polar surface area (TPSA) is 46.9 Å². The van der Waals surface area contributed by atoms with Gasteiger partial charge in [0.25, 0.3) is 5.91 Å². The Hall–Kier alpha value is -0.850. The molecule has 100 valence electrons. The molecule has 0 saturated carbocycles. The van der Waals surface area contributed by atoms with Crippen LogP contribution in [0.5, 0.6) is 0 Å². The maximum absolute atomic E-state index is 12.2. The summed E-state index contributed by atoms with van der Waals surface area (Å²) in [6.07, 6.45) is 1.60. The van der Waals surface area contributed by atoms with Crippen molar-refractivity contribution in [3.8, 4) is 0 Å². The summed E-state index contributed by atoms with van der Waals surface area (Å²) in [7, 11) is 0. The van der Waals surface area contributed by atoms with Gasteiger partial charge in [-0.3, -0.25) is 9.48 Å². The van der Waals surface area contributed by atoms with Gasteiger partial charge in [0.15, 0.2) is 0 Å². The number of benzene rings is 1. The number of carbonyl (C=O) groups is 1. The van der Waals surface area contributed by atoms with E-state index in [1.165, 1.54) is 0 Å². The van der Waals surface area contributed by atoms with Gasteiger partial charge in [-0.25, -0.2) is 0 Å². The van der Waals surface area contributed by atoms with E-state index in [1.807, 2.05) is 13.0 Å². The molecule has 1 aromatic carbocycles. The molecule has 1 N–H and O–H groups in total. The van der Waals surface area contributed by atoms with E-state index in [4.69, 9.17) is 11.6 Å². The standard InChI is InChI=1S/C12H10Br2ClN3O/c1-2-18-11(8(14)6-16-18)12(19)17-10-4-3-7(13)5-9(10)15/h3-6H,2H2,1H3,(H,17,19). The van der Waals surface area contributed by atoms with E-state index >= 15 is 0 Å². The molecule has 0 atom stereocenters. The van der Waals surface area contributed by atoms with Gasteiger partial charge in [-0.2, -0.15) is 5.10 Å². The van der Waals surface area contributed by atoms with Crippen molar-refractivity contribution in [2.45, 2.75) is 13.5 Å². The molecule has 7 heteroatoms. The smallest absolute Gasteiger partial charge is 0.275 e.